The van der Waals surface area contributed by atoms with E-state index in [2.05, 4.69) is 4.90 Å². The van der Waals surface area contributed by atoms with Gasteiger partial charge in [0.15, 0.2) is 0 Å². The molecule has 1 atom stereocenters. The second-order valence-corrected chi connectivity index (χ2v) is 8.04. The standard InChI is InChI=1S/C19H26Cl2N2O2/c20-17-4-3-15(10-18(17)21)11-19(25)23-7-1-2-16(12-23)22-8-5-14(13-24)6-9-22/h3-4,10,14,16,24H,1-2,5-9,11-13H2/t16-/m1/s1. The number of rotatable bonds is 4. The third-order valence-corrected chi connectivity index (χ3v) is 6.25. The first-order valence-electron chi connectivity index (χ1n) is 9.13. The lowest BCUT2D eigenvalue weighted by atomic mass is 9.94. The maximum atomic E-state index is 12.7. The number of amides is 1. The molecule has 4 nitrogen and oxygen atoms in total. The highest BCUT2D eigenvalue weighted by Gasteiger charge is 2.30. The molecule has 1 N–H and O–H groups in total. The summed E-state index contributed by atoms with van der Waals surface area (Å²) < 4.78 is 0. The largest absolute Gasteiger partial charge is 0.396 e. The summed E-state index contributed by atoms with van der Waals surface area (Å²) in [6, 6.07) is 5.85. The minimum atomic E-state index is 0.160. The molecule has 2 aliphatic rings. The van der Waals surface area contributed by atoms with Crippen LogP contribution in [0.4, 0.5) is 0 Å². The van der Waals surface area contributed by atoms with Crippen LogP contribution in [0.25, 0.3) is 0 Å². The summed E-state index contributed by atoms with van der Waals surface area (Å²) >= 11 is 12.0. The Morgan fingerprint density at radius 3 is 2.56 bits per heavy atom. The summed E-state index contributed by atoms with van der Waals surface area (Å²) in [5.41, 5.74) is 0.908. The van der Waals surface area contributed by atoms with Crippen LogP contribution in [0.1, 0.15) is 31.2 Å². The fourth-order valence-corrected chi connectivity index (χ4v) is 4.24. The van der Waals surface area contributed by atoms with E-state index in [1.165, 1.54) is 0 Å². The summed E-state index contributed by atoms with van der Waals surface area (Å²) in [4.78, 5) is 17.2. The minimum absolute atomic E-state index is 0.160. The number of likely N-dealkylation sites (tertiary alicyclic amines) is 2. The average molecular weight is 385 g/mol. The summed E-state index contributed by atoms with van der Waals surface area (Å²) in [5.74, 6) is 0.612. The van der Waals surface area contributed by atoms with Crippen molar-refractivity contribution in [1.82, 2.24) is 9.80 Å². The number of nitrogens with zero attached hydrogens (tertiary/aromatic N) is 2. The molecule has 0 bridgehead atoms. The smallest absolute Gasteiger partial charge is 0.227 e. The molecule has 138 valence electrons. The van der Waals surface area contributed by atoms with Crippen molar-refractivity contribution in [2.75, 3.05) is 32.8 Å². The van der Waals surface area contributed by atoms with Gasteiger partial charge < -0.3 is 10.0 Å². The predicted molar refractivity (Wildman–Crippen MR) is 101 cm³/mol. The van der Waals surface area contributed by atoms with E-state index in [0.29, 0.717) is 35.0 Å². The van der Waals surface area contributed by atoms with Gasteiger partial charge in [0, 0.05) is 25.7 Å². The lowest BCUT2D eigenvalue weighted by molar-refractivity contribution is -0.132. The molecule has 0 spiro atoms. The first-order chi connectivity index (χ1) is 12.1. The van der Waals surface area contributed by atoms with Gasteiger partial charge in [0.2, 0.25) is 5.91 Å². The van der Waals surface area contributed by atoms with Gasteiger partial charge >= 0.3 is 0 Å². The number of halogens is 2. The Labute approximate surface area is 159 Å². The SMILES string of the molecule is O=C(Cc1ccc(Cl)c(Cl)c1)N1CCC[C@@H](N2CCC(CO)CC2)C1. The predicted octanol–water partition coefficient (Wildman–Crippen LogP) is 3.23. The monoisotopic (exact) mass is 384 g/mol. The Morgan fingerprint density at radius 2 is 1.88 bits per heavy atom. The Kier molecular flexibility index (Phi) is 6.61. The zero-order valence-electron chi connectivity index (χ0n) is 14.5. The fourth-order valence-electron chi connectivity index (χ4n) is 3.92. The first-order valence-corrected chi connectivity index (χ1v) is 9.89. The van der Waals surface area contributed by atoms with Crippen LogP contribution in [0.3, 0.4) is 0 Å². The second kappa shape index (κ2) is 8.72. The second-order valence-electron chi connectivity index (χ2n) is 7.22. The number of carbonyl (C=O) groups is 1. The van der Waals surface area contributed by atoms with Gasteiger partial charge in [0.1, 0.15) is 0 Å². The molecule has 3 rings (SSSR count). The number of hydrogen-bond donors (Lipinski definition) is 1. The van der Waals surface area contributed by atoms with Crippen molar-refractivity contribution in [2.45, 2.75) is 38.1 Å². The maximum absolute atomic E-state index is 12.7. The van der Waals surface area contributed by atoms with Gasteiger partial charge in [0.25, 0.3) is 0 Å². The van der Waals surface area contributed by atoms with Crippen molar-refractivity contribution in [3.05, 3.63) is 33.8 Å². The van der Waals surface area contributed by atoms with Crippen LogP contribution in [0.2, 0.25) is 10.0 Å². The van der Waals surface area contributed by atoms with E-state index < -0.39 is 0 Å². The summed E-state index contributed by atoms with van der Waals surface area (Å²) in [6.07, 6.45) is 4.70. The van der Waals surface area contributed by atoms with Crippen LogP contribution in [-0.2, 0) is 11.2 Å². The van der Waals surface area contributed by atoms with Crippen molar-refractivity contribution in [3.8, 4) is 0 Å². The maximum Gasteiger partial charge on any atom is 0.227 e. The molecule has 0 saturated carbocycles. The zero-order valence-corrected chi connectivity index (χ0v) is 16.0. The molecule has 25 heavy (non-hydrogen) atoms. The third kappa shape index (κ3) is 4.88. The Morgan fingerprint density at radius 1 is 1.12 bits per heavy atom. The normalized spacial score (nSPS) is 23.0. The molecule has 2 aliphatic heterocycles. The molecule has 2 saturated heterocycles. The summed E-state index contributed by atoms with van der Waals surface area (Å²) in [5, 5.41) is 10.3. The van der Waals surface area contributed by atoms with Crippen LogP contribution in [0.15, 0.2) is 18.2 Å². The van der Waals surface area contributed by atoms with Crippen LogP contribution in [0, 0.1) is 5.92 Å². The zero-order chi connectivity index (χ0) is 17.8. The van der Waals surface area contributed by atoms with E-state index in [0.717, 1.165) is 57.4 Å². The first kappa shape index (κ1) is 19.0. The summed E-state index contributed by atoms with van der Waals surface area (Å²) in [7, 11) is 0. The van der Waals surface area contributed by atoms with Crippen LogP contribution < -0.4 is 0 Å². The van der Waals surface area contributed by atoms with Crippen molar-refractivity contribution >= 4 is 29.1 Å². The molecule has 0 aliphatic carbocycles. The molecule has 1 aromatic carbocycles. The van der Waals surface area contributed by atoms with Crippen molar-refractivity contribution < 1.29 is 9.90 Å². The van der Waals surface area contributed by atoms with Gasteiger partial charge in [-0.25, -0.2) is 0 Å². The number of aliphatic hydroxyl groups excluding tert-OH is 1. The average Bonchev–Trinajstić information content (AvgIpc) is 2.65. The molecular formula is C19H26Cl2N2O2. The molecule has 0 radical (unpaired) electrons. The fraction of sp³-hybridized carbons (Fsp3) is 0.632. The number of aliphatic hydroxyl groups is 1. The molecule has 0 unspecified atom stereocenters. The Bertz CT molecular complexity index is 603. The van der Waals surface area contributed by atoms with Crippen LogP contribution >= 0.6 is 23.2 Å². The molecule has 1 aromatic rings. The number of benzene rings is 1. The van der Waals surface area contributed by atoms with Crippen LogP contribution in [0.5, 0.6) is 0 Å². The van der Waals surface area contributed by atoms with Crippen LogP contribution in [-0.4, -0.2) is 59.6 Å². The van der Waals surface area contributed by atoms with Crippen molar-refractivity contribution in [3.63, 3.8) is 0 Å². The van der Waals surface area contributed by atoms with Crippen molar-refractivity contribution in [1.29, 1.82) is 0 Å². The van der Waals surface area contributed by atoms with Gasteiger partial charge in [-0.05, 0) is 62.4 Å². The molecule has 2 heterocycles. The molecule has 0 aromatic heterocycles. The van der Waals surface area contributed by atoms with E-state index in [-0.39, 0.29) is 5.91 Å². The molecule has 6 heteroatoms. The van der Waals surface area contributed by atoms with Gasteiger partial charge in [-0.1, -0.05) is 29.3 Å². The highest BCUT2D eigenvalue weighted by atomic mass is 35.5. The Hall–Kier alpha value is -0.810. The topological polar surface area (TPSA) is 43.8 Å². The van der Waals surface area contributed by atoms with Gasteiger partial charge in [0.05, 0.1) is 16.5 Å². The lowest BCUT2D eigenvalue weighted by Gasteiger charge is -2.42. The number of carbonyl (C=O) groups excluding carboxylic acids is 1. The number of piperidine rings is 2. The van der Waals surface area contributed by atoms with E-state index in [4.69, 9.17) is 23.2 Å². The quantitative estimate of drug-likeness (QED) is 0.866. The van der Waals surface area contributed by atoms with E-state index in [1.54, 1.807) is 12.1 Å². The van der Waals surface area contributed by atoms with Gasteiger partial charge in [-0.2, -0.15) is 0 Å². The van der Waals surface area contributed by atoms with E-state index >= 15 is 0 Å². The number of hydrogen-bond acceptors (Lipinski definition) is 3. The van der Waals surface area contributed by atoms with E-state index in [1.807, 2.05) is 11.0 Å². The molecule has 2 fully saturated rings. The third-order valence-electron chi connectivity index (χ3n) is 5.51. The highest BCUT2D eigenvalue weighted by Crippen LogP contribution is 2.25. The highest BCUT2D eigenvalue weighted by molar-refractivity contribution is 6.42. The van der Waals surface area contributed by atoms with Gasteiger partial charge in [-0.3, -0.25) is 9.69 Å². The van der Waals surface area contributed by atoms with E-state index in [9.17, 15) is 9.90 Å². The molecule has 1 amide bonds. The van der Waals surface area contributed by atoms with Gasteiger partial charge in [-0.15, -0.1) is 0 Å². The van der Waals surface area contributed by atoms with Crippen molar-refractivity contribution in [2.24, 2.45) is 5.92 Å². The minimum Gasteiger partial charge on any atom is -0.396 e. The Balaban J connectivity index is 1.55. The summed E-state index contributed by atoms with van der Waals surface area (Å²) in [6.45, 7) is 4.01. The lowest BCUT2D eigenvalue weighted by Crippen LogP contribution is -2.52. The molecular weight excluding hydrogens is 359 g/mol.